The molecule has 1 aromatic heterocycles. The van der Waals surface area contributed by atoms with Crippen LogP contribution in [0, 0.1) is 25.2 Å². The average molecular weight is 329 g/mol. The summed E-state index contributed by atoms with van der Waals surface area (Å²) >= 11 is 1.41. The summed E-state index contributed by atoms with van der Waals surface area (Å²) in [4.78, 5) is 15.1. The van der Waals surface area contributed by atoms with E-state index in [0.29, 0.717) is 17.1 Å². The minimum atomic E-state index is -0.208. The number of para-hydroxylation sites is 1. The molecular weight excluding hydrogens is 310 g/mol. The fraction of sp³-hybridized carbons (Fsp3) is 0.294. The summed E-state index contributed by atoms with van der Waals surface area (Å²) in [5.41, 5.74) is 2.30. The highest BCUT2D eigenvalue weighted by Gasteiger charge is 2.16. The molecule has 0 unspecified atom stereocenters. The molecule has 0 saturated heterocycles. The Labute approximate surface area is 139 Å². The molecule has 0 fully saturated rings. The number of benzene rings is 1. The van der Waals surface area contributed by atoms with Crippen LogP contribution in [-0.2, 0) is 4.79 Å². The Hall–Kier alpha value is -2.36. The van der Waals surface area contributed by atoms with Gasteiger partial charge >= 0.3 is 0 Å². The molecule has 1 aromatic carbocycles. The second kappa shape index (κ2) is 7.77. The molecule has 0 atom stereocenters. The van der Waals surface area contributed by atoms with Crippen molar-refractivity contribution in [1.82, 2.24) is 0 Å². The topological polar surface area (TPSA) is 76.4 Å². The Morgan fingerprint density at radius 1 is 1.35 bits per heavy atom. The molecule has 120 valence electrons. The van der Waals surface area contributed by atoms with Gasteiger partial charge in [0, 0.05) is 17.1 Å². The number of amides is 1. The van der Waals surface area contributed by atoms with E-state index in [-0.39, 0.29) is 19.1 Å². The molecule has 1 heterocycles. The molecule has 6 heteroatoms. The summed E-state index contributed by atoms with van der Waals surface area (Å²) in [6, 6.07) is 11.6. The maximum atomic E-state index is 12.3. The van der Waals surface area contributed by atoms with Crippen LogP contribution >= 0.6 is 11.3 Å². The van der Waals surface area contributed by atoms with Gasteiger partial charge in [-0.15, -0.1) is 11.3 Å². The number of aliphatic hydroxyl groups excluding tert-OH is 1. The van der Waals surface area contributed by atoms with E-state index in [1.807, 2.05) is 44.2 Å². The minimum Gasteiger partial charge on any atom is -0.395 e. The number of hydrogen-bond acceptors (Lipinski definition) is 5. The highest BCUT2D eigenvalue weighted by Crippen LogP contribution is 2.31. The van der Waals surface area contributed by atoms with E-state index >= 15 is 0 Å². The van der Waals surface area contributed by atoms with Crippen molar-refractivity contribution in [1.29, 1.82) is 5.26 Å². The maximum absolute atomic E-state index is 12.3. The number of carbonyl (C=O) groups is 1. The predicted molar refractivity (Wildman–Crippen MR) is 92.9 cm³/mol. The average Bonchev–Trinajstić information content (AvgIpc) is 2.81. The van der Waals surface area contributed by atoms with Crippen molar-refractivity contribution in [2.24, 2.45) is 0 Å². The van der Waals surface area contributed by atoms with Gasteiger partial charge in [-0.1, -0.05) is 18.2 Å². The molecule has 0 radical (unpaired) electrons. The lowest BCUT2D eigenvalue weighted by Gasteiger charge is -2.23. The number of aliphatic hydroxyl groups is 1. The third-order valence-electron chi connectivity index (χ3n) is 3.58. The van der Waals surface area contributed by atoms with E-state index in [1.165, 1.54) is 11.3 Å². The molecular formula is C17H19N3O2S. The summed E-state index contributed by atoms with van der Waals surface area (Å²) < 4.78 is 0. The van der Waals surface area contributed by atoms with Crippen LogP contribution in [-0.4, -0.2) is 30.7 Å². The van der Waals surface area contributed by atoms with Crippen molar-refractivity contribution >= 4 is 27.9 Å². The molecule has 2 N–H and O–H groups in total. The minimum absolute atomic E-state index is 0.0389. The molecule has 0 aliphatic heterocycles. The number of hydrogen-bond donors (Lipinski definition) is 2. The van der Waals surface area contributed by atoms with Gasteiger partial charge < -0.3 is 15.3 Å². The first kappa shape index (κ1) is 17.0. The first-order valence-corrected chi connectivity index (χ1v) is 8.09. The Morgan fingerprint density at radius 2 is 2.04 bits per heavy atom. The molecule has 5 nitrogen and oxygen atoms in total. The van der Waals surface area contributed by atoms with Crippen molar-refractivity contribution in [2.45, 2.75) is 13.8 Å². The number of carbonyl (C=O) groups excluding carboxylic acids is 1. The summed E-state index contributed by atoms with van der Waals surface area (Å²) in [5, 5.41) is 21.8. The summed E-state index contributed by atoms with van der Waals surface area (Å²) in [6.45, 7) is 4.25. The highest BCUT2D eigenvalue weighted by molar-refractivity contribution is 7.16. The molecule has 2 aromatic rings. The highest BCUT2D eigenvalue weighted by atomic mass is 32.1. The zero-order chi connectivity index (χ0) is 16.8. The van der Waals surface area contributed by atoms with Gasteiger partial charge in [-0.2, -0.15) is 5.26 Å². The van der Waals surface area contributed by atoms with Gasteiger partial charge in [0.2, 0.25) is 5.91 Å². The molecule has 0 spiro atoms. The van der Waals surface area contributed by atoms with Gasteiger partial charge in [-0.25, -0.2) is 0 Å². The van der Waals surface area contributed by atoms with Gasteiger partial charge in [0.15, 0.2) is 0 Å². The van der Waals surface area contributed by atoms with E-state index in [9.17, 15) is 15.2 Å². The number of anilines is 2. The van der Waals surface area contributed by atoms with Crippen LogP contribution in [0.15, 0.2) is 30.3 Å². The normalized spacial score (nSPS) is 10.2. The lowest BCUT2D eigenvalue weighted by atomic mass is 10.2. The smallest absolute Gasteiger partial charge is 0.244 e. The zero-order valence-electron chi connectivity index (χ0n) is 13.2. The van der Waals surface area contributed by atoms with Gasteiger partial charge in [0.05, 0.1) is 18.7 Å². The van der Waals surface area contributed by atoms with Crippen molar-refractivity contribution in [3.8, 4) is 6.07 Å². The van der Waals surface area contributed by atoms with Gasteiger partial charge in [-0.3, -0.25) is 4.79 Å². The second-order valence-electron chi connectivity index (χ2n) is 5.13. The molecule has 0 bridgehead atoms. The quantitative estimate of drug-likeness (QED) is 0.854. The van der Waals surface area contributed by atoms with Crippen molar-refractivity contribution in [3.05, 3.63) is 46.3 Å². The van der Waals surface area contributed by atoms with Crippen LogP contribution in [0.1, 0.15) is 16.0 Å². The van der Waals surface area contributed by atoms with Crippen molar-refractivity contribution in [3.63, 3.8) is 0 Å². The SMILES string of the molecule is Cc1sc(NC(=O)CN(CCO)c2ccccc2)c(C#N)c1C. The van der Waals surface area contributed by atoms with E-state index in [4.69, 9.17) is 0 Å². The number of nitrogens with zero attached hydrogens (tertiary/aromatic N) is 2. The summed E-state index contributed by atoms with van der Waals surface area (Å²) in [5.74, 6) is -0.208. The zero-order valence-corrected chi connectivity index (χ0v) is 14.0. The summed E-state index contributed by atoms with van der Waals surface area (Å²) in [6.07, 6.45) is 0. The van der Waals surface area contributed by atoms with Gasteiger partial charge in [0.1, 0.15) is 11.1 Å². The maximum Gasteiger partial charge on any atom is 0.244 e. The fourth-order valence-corrected chi connectivity index (χ4v) is 3.28. The third-order valence-corrected chi connectivity index (χ3v) is 4.70. The molecule has 1 amide bonds. The Morgan fingerprint density at radius 3 is 2.65 bits per heavy atom. The molecule has 0 aliphatic rings. The van der Waals surface area contributed by atoms with Crippen LogP contribution in [0.2, 0.25) is 0 Å². The van der Waals surface area contributed by atoms with Crippen LogP contribution in [0.3, 0.4) is 0 Å². The van der Waals surface area contributed by atoms with Crippen LogP contribution in [0.25, 0.3) is 0 Å². The standard InChI is InChI=1S/C17H19N3O2S/c1-12-13(2)23-17(15(12)10-18)19-16(22)11-20(8-9-21)14-6-4-3-5-7-14/h3-7,21H,8-9,11H2,1-2H3,(H,19,22). The van der Waals surface area contributed by atoms with Gasteiger partial charge in [-0.05, 0) is 31.5 Å². The number of nitrogens with one attached hydrogen (secondary N) is 1. The predicted octanol–water partition coefficient (Wildman–Crippen LogP) is 2.67. The number of thiophene rings is 1. The number of nitriles is 1. The first-order valence-electron chi connectivity index (χ1n) is 7.27. The van der Waals surface area contributed by atoms with Crippen molar-refractivity contribution < 1.29 is 9.90 Å². The number of aryl methyl sites for hydroxylation is 1. The molecule has 0 aliphatic carbocycles. The lowest BCUT2D eigenvalue weighted by Crippen LogP contribution is -2.35. The monoisotopic (exact) mass is 329 g/mol. The number of rotatable bonds is 6. The Kier molecular flexibility index (Phi) is 5.74. The van der Waals surface area contributed by atoms with E-state index in [0.717, 1.165) is 16.1 Å². The fourth-order valence-electron chi connectivity index (χ4n) is 2.25. The largest absolute Gasteiger partial charge is 0.395 e. The van der Waals surface area contributed by atoms with E-state index in [2.05, 4.69) is 11.4 Å². The van der Waals surface area contributed by atoms with Gasteiger partial charge in [0.25, 0.3) is 0 Å². The van der Waals surface area contributed by atoms with E-state index in [1.54, 1.807) is 4.90 Å². The summed E-state index contributed by atoms with van der Waals surface area (Å²) in [7, 11) is 0. The first-order chi connectivity index (χ1) is 11.1. The Bertz CT molecular complexity index is 719. The lowest BCUT2D eigenvalue weighted by molar-refractivity contribution is -0.115. The Balaban J connectivity index is 2.11. The second-order valence-corrected chi connectivity index (χ2v) is 6.35. The van der Waals surface area contributed by atoms with Crippen LogP contribution in [0.4, 0.5) is 10.7 Å². The van der Waals surface area contributed by atoms with E-state index < -0.39 is 0 Å². The molecule has 2 rings (SSSR count). The van der Waals surface area contributed by atoms with Crippen LogP contribution in [0.5, 0.6) is 0 Å². The third kappa shape index (κ3) is 4.09. The van der Waals surface area contributed by atoms with Crippen LogP contribution < -0.4 is 10.2 Å². The van der Waals surface area contributed by atoms with Crippen molar-refractivity contribution in [2.75, 3.05) is 29.9 Å². The molecule has 23 heavy (non-hydrogen) atoms. The molecule has 0 saturated carbocycles.